The van der Waals surface area contributed by atoms with Crippen molar-refractivity contribution < 1.29 is 14.5 Å². The zero-order valence-electron chi connectivity index (χ0n) is 9.57. The van der Waals surface area contributed by atoms with Crippen LogP contribution in [0.1, 0.15) is 35.3 Å². The van der Waals surface area contributed by atoms with Crippen LogP contribution in [0.4, 0.5) is 5.69 Å². The third-order valence-electron chi connectivity index (χ3n) is 2.02. The van der Waals surface area contributed by atoms with Crippen molar-refractivity contribution in [3.63, 3.8) is 0 Å². The van der Waals surface area contributed by atoms with E-state index in [0.717, 1.165) is 16.2 Å². The molecule has 1 aromatic heterocycles. The fourth-order valence-electron chi connectivity index (χ4n) is 1.13. The van der Waals surface area contributed by atoms with Crippen LogP contribution < -0.4 is 0 Å². The number of thiophene rings is 1. The zero-order valence-corrected chi connectivity index (χ0v) is 10.4. The maximum Gasteiger partial charge on any atom is 0.355 e. The van der Waals surface area contributed by atoms with Crippen LogP contribution in [0.3, 0.4) is 0 Å². The average molecular weight is 243 g/mol. The van der Waals surface area contributed by atoms with Crippen LogP contribution >= 0.6 is 11.3 Å². The molecule has 0 saturated carbocycles. The number of nitro groups is 1. The minimum atomic E-state index is -0.660. The number of carbonyl (C=O) groups excluding carboxylic acids is 1. The molecule has 5 nitrogen and oxygen atoms in total. The van der Waals surface area contributed by atoms with Gasteiger partial charge in [0.1, 0.15) is 0 Å². The van der Waals surface area contributed by atoms with E-state index in [4.69, 9.17) is 0 Å². The van der Waals surface area contributed by atoms with Crippen LogP contribution in [0.5, 0.6) is 0 Å². The zero-order chi connectivity index (χ0) is 12.5. The molecule has 6 heteroatoms. The topological polar surface area (TPSA) is 69.4 Å². The van der Waals surface area contributed by atoms with Crippen molar-refractivity contribution in [2.24, 2.45) is 0 Å². The Morgan fingerprint density at radius 2 is 2.06 bits per heavy atom. The SMILES string of the molecule is COC(=O)c1sc(C(C)(C)C)cc1[N+](=O)[O-]. The summed E-state index contributed by atoms with van der Waals surface area (Å²) >= 11 is 1.11. The summed E-state index contributed by atoms with van der Waals surface area (Å²) < 4.78 is 4.52. The Balaban J connectivity index is 3.32. The lowest BCUT2D eigenvalue weighted by atomic mass is 9.95. The van der Waals surface area contributed by atoms with Crippen LogP contribution in [0.2, 0.25) is 0 Å². The second-order valence-electron chi connectivity index (χ2n) is 4.32. The maximum absolute atomic E-state index is 11.4. The molecule has 0 fully saturated rings. The molecule has 88 valence electrons. The Morgan fingerprint density at radius 1 is 1.50 bits per heavy atom. The monoisotopic (exact) mass is 243 g/mol. The number of hydrogen-bond donors (Lipinski definition) is 0. The normalized spacial score (nSPS) is 11.2. The van der Waals surface area contributed by atoms with Crippen molar-refractivity contribution in [3.05, 3.63) is 25.9 Å². The summed E-state index contributed by atoms with van der Waals surface area (Å²) in [7, 11) is 1.21. The smallest absolute Gasteiger partial charge is 0.355 e. The Labute approximate surface area is 97.2 Å². The largest absolute Gasteiger partial charge is 0.465 e. The van der Waals surface area contributed by atoms with Crippen LogP contribution in [0.25, 0.3) is 0 Å². The van der Waals surface area contributed by atoms with Gasteiger partial charge in [-0.2, -0.15) is 0 Å². The molecular weight excluding hydrogens is 230 g/mol. The number of ether oxygens (including phenoxy) is 1. The van der Waals surface area contributed by atoms with Crippen molar-refractivity contribution in [1.82, 2.24) is 0 Å². The molecule has 0 radical (unpaired) electrons. The quantitative estimate of drug-likeness (QED) is 0.455. The second kappa shape index (κ2) is 4.21. The number of nitrogens with zero attached hydrogens (tertiary/aromatic N) is 1. The molecule has 0 saturated heterocycles. The van der Waals surface area contributed by atoms with Gasteiger partial charge in [-0.25, -0.2) is 4.79 Å². The Morgan fingerprint density at radius 3 is 2.44 bits per heavy atom. The van der Waals surface area contributed by atoms with Crippen LogP contribution in [-0.4, -0.2) is 18.0 Å². The first-order valence-corrected chi connectivity index (χ1v) is 5.46. The molecule has 0 unspecified atom stereocenters. The molecule has 0 aromatic carbocycles. The van der Waals surface area contributed by atoms with Gasteiger partial charge in [0.05, 0.1) is 12.0 Å². The predicted octanol–water partition coefficient (Wildman–Crippen LogP) is 2.74. The van der Waals surface area contributed by atoms with E-state index in [1.165, 1.54) is 13.2 Å². The molecule has 0 N–H and O–H groups in total. The molecule has 0 bridgehead atoms. The van der Waals surface area contributed by atoms with Gasteiger partial charge in [0.15, 0.2) is 4.88 Å². The molecule has 16 heavy (non-hydrogen) atoms. The highest BCUT2D eigenvalue weighted by Crippen LogP contribution is 2.36. The molecule has 1 heterocycles. The van der Waals surface area contributed by atoms with E-state index in [9.17, 15) is 14.9 Å². The lowest BCUT2D eigenvalue weighted by molar-refractivity contribution is -0.384. The molecule has 0 aliphatic carbocycles. The van der Waals surface area contributed by atoms with E-state index in [-0.39, 0.29) is 16.0 Å². The highest BCUT2D eigenvalue weighted by Gasteiger charge is 2.29. The third kappa shape index (κ3) is 2.38. The number of methoxy groups -OCH3 is 1. The van der Waals surface area contributed by atoms with E-state index in [2.05, 4.69) is 4.74 Å². The number of carbonyl (C=O) groups is 1. The summed E-state index contributed by atoms with van der Waals surface area (Å²) in [5, 5.41) is 10.8. The summed E-state index contributed by atoms with van der Waals surface area (Å²) in [6, 6.07) is 1.44. The van der Waals surface area contributed by atoms with Gasteiger partial charge in [0.2, 0.25) is 0 Å². The van der Waals surface area contributed by atoms with E-state index >= 15 is 0 Å². The van der Waals surface area contributed by atoms with Gasteiger partial charge in [0, 0.05) is 10.9 Å². The van der Waals surface area contributed by atoms with Crippen LogP contribution in [0, 0.1) is 10.1 Å². The van der Waals surface area contributed by atoms with E-state index in [1.807, 2.05) is 20.8 Å². The summed E-state index contributed by atoms with van der Waals surface area (Å²) in [5.74, 6) is -0.660. The van der Waals surface area contributed by atoms with Gasteiger partial charge in [-0.1, -0.05) is 20.8 Å². The van der Waals surface area contributed by atoms with E-state index in [0.29, 0.717) is 0 Å². The molecule has 0 aliphatic heterocycles. The summed E-state index contributed by atoms with van der Waals surface area (Å²) in [4.78, 5) is 22.4. The lowest BCUT2D eigenvalue weighted by Gasteiger charge is -2.14. The first kappa shape index (κ1) is 12.6. The van der Waals surface area contributed by atoms with Crippen LogP contribution in [-0.2, 0) is 10.2 Å². The third-order valence-corrected chi connectivity index (χ3v) is 3.55. The minimum absolute atomic E-state index is 0.0532. The summed E-state index contributed by atoms with van der Waals surface area (Å²) in [5.41, 5.74) is -0.399. The van der Waals surface area contributed by atoms with Gasteiger partial charge < -0.3 is 4.74 Å². The molecule has 0 aliphatic rings. The highest BCUT2D eigenvalue weighted by atomic mass is 32.1. The van der Waals surface area contributed by atoms with Gasteiger partial charge in [0.25, 0.3) is 5.69 Å². The molecule has 0 amide bonds. The molecule has 0 spiro atoms. The maximum atomic E-state index is 11.4. The van der Waals surface area contributed by atoms with Crippen LogP contribution in [0.15, 0.2) is 6.07 Å². The Kier molecular flexibility index (Phi) is 3.32. The number of hydrogen-bond acceptors (Lipinski definition) is 5. The first-order valence-electron chi connectivity index (χ1n) is 4.64. The van der Waals surface area contributed by atoms with E-state index in [1.54, 1.807) is 0 Å². The minimum Gasteiger partial charge on any atom is -0.465 e. The molecule has 1 rings (SSSR count). The molecule has 1 aromatic rings. The summed E-state index contributed by atoms with van der Waals surface area (Å²) in [6.45, 7) is 5.80. The van der Waals surface area contributed by atoms with Gasteiger partial charge in [-0.15, -0.1) is 11.3 Å². The van der Waals surface area contributed by atoms with Crippen molar-refractivity contribution in [3.8, 4) is 0 Å². The number of esters is 1. The number of rotatable bonds is 2. The van der Waals surface area contributed by atoms with Crippen molar-refractivity contribution in [1.29, 1.82) is 0 Å². The average Bonchev–Trinajstić information content (AvgIpc) is 2.60. The van der Waals surface area contributed by atoms with Gasteiger partial charge in [-0.3, -0.25) is 10.1 Å². The fraction of sp³-hybridized carbons (Fsp3) is 0.500. The summed E-state index contributed by atoms with van der Waals surface area (Å²) in [6.07, 6.45) is 0. The lowest BCUT2D eigenvalue weighted by Crippen LogP contribution is -2.08. The highest BCUT2D eigenvalue weighted by molar-refractivity contribution is 7.14. The second-order valence-corrected chi connectivity index (χ2v) is 5.38. The Hall–Kier alpha value is -1.43. The molecular formula is C10H13NO4S. The van der Waals surface area contributed by atoms with Crippen molar-refractivity contribution in [2.75, 3.05) is 7.11 Å². The van der Waals surface area contributed by atoms with Crippen molar-refractivity contribution >= 4 is 23.0 Å². The first-order chi connectivity index (χ1) is 7.27. The predicted molar refractivity (Wildman–Crippen MR) is 61.0 cm³/mol. The standard InChI is InChI=1S/C10H13NO4S/c1-10(2,3)7-5-6(11(13)14)8(16-7)9(12)15-4/h5H,1-4H3. The van der Waals surface area contributed by atoms with E-state index < -0.39 is 10.9 Å². The van der Waals surface area contributed by atoms with Gasteiger partial charge >= 0.3 is 5.97 Å². The van der Waals surface area contributed by atoms with Gasteiger partial charge in [-0.05, 0) is 5.41 Å². The fourth-order valence-corrected chi connectivity index (χ4v) is 2.23. The molecule has 0 atom stereocenters. The Bertz CT molecular complexity index is 431. The van der Waals surface area contributed by atoms with Crippen molar-refractivity contribution in [2.45, 2.75) is 26.2 Å².